The van der Waals surface area contributed by atoms with Gasteiger partial charge in [-0.2, -0.15) is 0 Å². The third kappa shape index (κ3) is 1.52. The third-order valence-corrected chi connectivity index (χ3v) is 5.40. The minimum absolute atomic E-state index is 0.0650. The van der Waals surface area contributed by atoms with Crippen molar-refractivity contribution in [1.82, 2.24) is 4.98 Å². The Morgan fingerprint density at radius 3 is 2.77 bits per heavy atom. The summed E-state index contributed by atoms with van der Waals surface area (Å²) in [6.45, 7) is 0.596. The van der Waals surface area contributed by atoms with E-state index in [9.17, 15) is 4.79 Å². The molecule has 1 N–H and O–H groups in total. The van der Waals surface area contributed by atoms with E-state index >= 15 is 0 Å². The number of hydrogen-bond donors (Lipinski definition) is 1. The molecule has 4 heteroatoms. The van der Waals surface area contributed by atoms with Gasteiger partial charge in [0.05, 0.1) is 23.3 Å². The maximum absolute atomic E-state index is 13.1. The van der Waals surface area contributed by atoms with Crippen molar-refractivity contribution in [3.63, 3.8) is 0 Å². The number of pyridine rings is 1. The molecule has 0 atom stereocenters. The molecule has 3 saturated carbocycles. The molecule has 4 aliphatic rings. The molecule has 2 aromatic rings. The summed E-state index contributed by atoms with van der Waals surface area (Å²) < 4.78 is 0. The largest absolute Gasteiger partial charge is 0.338 e. The molecule has 2 bridgehead atoms. The molecule has 6 rings (SSSR count). The number of nitrogens with zero attached hydrogens (tertiary/aromatic N) is 2. The molecule has 1 amide bonds. The van der Waals surface area contributed by atoms with Crippen LogP contribution in [-0.2, 0) is 11.3 Å². The first-order valence-corrected chi connectivity index (χ1v) is 7.87. The maximum atomic E-state index is 13.1. The highest BCUT2D eigenvalue weighted by Gasteiger charge is 2.62. The van der Waals surface area contributed by atoms with E-state index in [2.05, 4.69) is 10.3 Å². The van der Waals surface area contributed by atoms with Gasteiger partial charge in [0.15, 0.2) is 0 Å². The Balaban J connectivity index is 1.62. The first-order valence-electron chi connectivity index (χ1n) is 7.87. The summed E-state index contributed by atoms with van der Waals surface area (Å²) in [7, 11) is 0. The predicted octanol–water partition coefficient (Wildman–Crippen LogP) is 3.47. The van der Waals surface area contributed by atoms with Gasteiger partial charge in [-0.15, -0.1) is 0 Å². The summed E-state index contributed by atoms with van der Waals surface area (Å²) in [4.78, 5) is 19.5. The van der Waals surface area contributed by atoms with Gasteiger partial charge in [0.1, 0.15) is 5.82 Å². The van der Waals surface area contributed by atoms with Crippen LogP contribution in [0.2, 0.25) is 0 Å². The summed E-state index contributed by atoms with van der Waals surface area (Å²) in [6, 6.07) is 12.0. The molecular weight excluding hydrogens is 274 g/mol. The number of anilines is 3. The molecule has 1 aromatic heterocycles. The predicted molar refractivity (Wildman–Crippen MR) is 84.9 cm³/mol. The lowest BCUT2D eigenvalue weighted by Crippen LogP contribution is -2.61. The molecule has 0 spiro atoms. The molecule has 0 saturated heterocycles. The molecule has 4 nitrogen and oxygen atoms in total. The van der Waals surface area contributed by atoms with E-state index in [1.165, 1.54) is 0 Å². The van der Waals surface area contributed by atoms with Gasteiger partial charge in [0, 0.05) is 11.8 Å². The van der Waals surface area contributed by atoms with Gasteiger partial charge in [-0.05, 0) is 43.4 Å². The number of amides is 1. The lowest BCUT2D eigenvalue weighted by atomic mass is 9.44. The van der Waals surface area contributed by atoms with E-state index in [0.29, 0.717) is 12.5 Å². The van der Waals surface area contributed by atoms with Crippen LogP contribution in [0.1, 0.15) is 24.8 Å². The number of carbonyl (C=O) groups excluding carboxylic acids is 1. The Hall–Kier alpha value is -2.36. The van der Waals surface area contributed by atoms with Gasteiger partial charge >= 0.3 is 0 Å². The Labute approximate surface area is 129 Å². The number of rotatable bonds is 1. The van der Waals surface area contributed by atoms with Crippen molar-refractivity contribution < 1.29 is 4.79 Å². The van der Waals surface area contributed by atoms with Gasteiger partial charge in [-0.1, -0.05) is 18.2 Å². The highest BCUT2D eigenvalue weighted by Crippen LogP contribution is 2.65. The lowest BCUT2D eigenvalue weighted by molar-refractivity contribution is -0.162. The van der Waals surface area contributed by atoms with Crippen LogP contribution in [0.3, 0.4) is 0 Å². The first kappa shape index (κ1) is 12.2. The summed E-state index contributed by atoms with van der Waals surface area (Å²) in [5.41, 5.74) is 2.93. The monoisotopic (exact) mass is 291 g/mol. The smallest absolute Gasteiger partial charge is 0.233 e. The minimum Gasteiger partial charge on any atom is -0.338 e. The fourth-order valence-corrected chi connectivity index (χ4v) is 4.08. The Bertz CT molecular complexity index is 768. The molecule has 2 heterocycles. The maximum Gasteiger partial charge on any atom is 0.233 e. The minimum atomic E-state index is -0.0650. The molecule has 0 unspecified atom stereocenters. The zero-order valence-electron chi connectivity index (χ0n) is 12.2. The standard InChI is InChI=1S/C18H17N3O/c22-17(18-8-12(9-18)10-18)21-11-13-4-3-7-19-16(13)20-14-5-1-2-6-15(14)21/h1-7,12H,8-11H2,(H,19,20). The summed E-state index contributed by atoms with van der Waals surface area (Å²) >= 11 is 0. The highest BCUT2D eigenvalue weighted by molar-refractivity contribution is 6.02. The molecule has 3 fully saturated rings. The van der Waals surface area contributed by atoms with E-state index in [1.54, 1.807) is 6.20 Å². The third-order valence-electron chi connectivity index (χ3n) is 5.40. The molecular formula is C18H17N3O. The molecule has 1 aliphatic heterocycles. The van der Waals surface area contributed by atoms with Gasteiger partial charge in [0.25, 0.3) is 0 Å². The second-order valence-electron chi connectivity index (χ2n) is 6.80. The van der Waals surface area contributed by atoms with Crippen LogP contribution in [-0.4, -0.2) is 10.9 Å². The number of benzene rings is 1. The van der Waals surface area contributed by atoms with Crippen molar-refractivity contribution >= 4 is 23.1 Å². The number of carbonyl (C=O) groups is 1. The van der Waals surface area contributed by atoms with Crippen LogP contribution in [0.15, 0.2) is 42.6 Å². The van der Waals surface area contributed by atoms with Crippen LogP contribution in [0.25, 0.3) is 0 Å². The van der Waals surface area contributed by atoms with E-state index in [1.807, 2.05) is 41.3 Å². The summed E-state index contributed by atoms with van der Waals surface area (Å²) in [5, 5.41) is 3.38. The molecule has 3 aliphatic carbocycles. The van der Waals surface area contributed by atoms with Gasteiger partial charge in [-0.25, -0.2) is 4.98 Å². The van der Waals surface area contributed by atoms with Crippen LogP contribution in [0, 0.1) is 11.3 Å². The lowest BCUT2D eigenvalue weighted by Gasteiger charge is -2.61. The van der Waals surface area contributed by atoms with E-state index in [4.69, 9.17) is 0 Å². The second-order valence-corrected chi connectivity index (χ2v) is 6.80. The zero-order chi connectivity index (χ0) is 14.7. The van der Waals surface area contributed by atoms with Crippen LogP contribution < -0.4 is 10.2 Å². The number of para-hydroxylation sites is 2. The number of fused-ring (bicyclic) bond motifs is 2. The number of hydrogen-bond acceptors (Lipinski definition) is 3. The van der Waals surface area contributed by atoms with Crippen molar-refractivity contribution in [3.8, 4) is 0 Å². The average Bonchev–Trinajstić information content (AvgIpc) is 2.60. The summed E-state index contributed by atoms with van der Waals surface area (Å²) in [5.74, 6) is 1.95. The van der Waals surface area contributed by atoms with Crippen LogP contribution in [0.4, 0.5) is 17.2 Å². The first-order chi connectivity index (χ1) is 10.8. The topological polar surface area (TPSA) is 45.2 Å². The van der Waals surface area contributed by atoms with Crippen molar-refractivity contribution in [2.75, 3.05) is 10.2 Å². The van der Waals surface area contributed by atoms with Crippen molar-refractivity contribution in [1.29, 1.82) is 0 Å². The van der Waals surface area contributed by atoms with Crippen molar-refractivity contribution in [2.24, 2.45) is 11.3 Å². The average molecular weight is 291 g/mol. The van der Waals surface area contributed by atoms with Gasteiger partial charge in [-0.3, -0.25) is 4.79 Å². The van der Waals surface area contributed by atoms with Crippen LogP contribution >= 0.6 is 0 Å². The molecule has 1 aromatic carbocycles. The van der Waals surface area contributed by atoms with E-state index < -0.39 is 0 Å². The zero-order valence-corrected chi connectivity index (χ0v) is 12.2. The number of aromatic nitrogens is 1. The fraction of sp³-hybridized carbons (Fsp3) is 0.333. The van der Waals surface area contributed by atoms with Crippen molar-refractivity contribution in [2.45, 2.75) is 25.8 Å². The molecule has 110 valence electrons. The Morgan fingerprint density at radius 2 is 2.00 bits per heavy atom. The van der Waals surface area contributed by atoms with E-state index in [0.717, 1.165) is 47.9 Å². The summed E-state index contributed by atoms with van der Waals surface area (Å²) in [6.07, 6.45) is 5.03. The quantitative estimate of drug-likeness (QED) is 0.875. The normalized spacial score (nSPS) is 27.5. The van der Waals surface area contributed by atoms with Gasteiger partial charge < -0.3 is 10.2 Å². The Kier molecular flexibility index (Phi) is 2.27. The van der Waals surface area contributed by atoms with Gasteiger partial charge in [0.2, 0.25) is 5.91 Å². The fourth-order valence-electron chi connectivity index (χ4n) is 4.08. The number of nitrogens with one attached hydrogen (secondary N) is 1. The SMILES string of the molecule is O=C(N1Cc2cccnc2Nc2ccccc21)C12CC(C1)C2. The van der Waals surface area contributed by atoms with E-state index in [-0.39, 0.29) is 5.41 Å². The second kappa shape index (κ2) is 4.09. The Morgan fingerprint density at radius 1 is 1.18 bits per heavy atom. The van der Waals surface area contributed by atoms with Crippen LogP contribution in [0.5, 0.6) is 0 Å². The van der Waals surface area contributed by atoms with Crippen molar-refractivity contribution in [3.05, 3.63) is 48.2 Å². The molecule has 22 heavy (non-hydrogen) atoms. The highest BCUT2D eigenvalue weighted by atomic mass is 16.2. The molecule has 0 radical (unpaired) electrons.